The van der Waals surface area contributed by atoms with Gasteiger partial charge in [-0.05, 0) is 12.5 Å². The van der Waals surface area contributed by atoms with Gasteiger partial charge in [-0.25, -0.2) is 8.42 Å². The van der Waals surface area contributed by atoms with E-state index < -0.39 is 9.84 Å². The van der Waals surface area contributed by atoms with E-state index in [0.29, 0.717) is 5.56 Å². The molecule has 1 aromatic heterocycles. The van der Waals surface area contributed by atoms with Gasteiger partial charge in [-0.15, -0.1) is 5.10 Å². The second-order valence-electron chi connectivity index (χ2n) is 5.50. The number of hydrogen-bond donors (Lipinski definition) is 1. The summed E-state index contributed by atoms with van der Waals surface area (Å²) in [6.07, 6.45) is 0. The predicted octanol–water partition coefficient (Wildman–Crippen LogP) is 1.29. The standard InChI is InChI=1S/C14H19N3O3S/c1-9(2)12(15)13-16-17-14(20-13)21(18,19)8-11-6-4-5-10(3)7-11/h4-7,9,12H,8,15H2,1-3H3/p+1/t12-/m0/s1. The Bertz CT molecular complexity index is 723. The highest BCUT2D eigenvalue weighted by atomic mass is 32.2. The summed E-state index contributed by atoms with van der Waals surface area (Å²) >= 11 is 0. The van der Waals surface area contributed by atoms with E-state index in [1.54, 1.807) is 6.07 Å². The maximum absolute atomic E-state index is 12.3. The highest BCUT2D eigenvalue weighted by Crippen LogP contribution is 2.20. The van der Waals surface area contributed by atoms with Crippen LogP contribution in [0.4, 0.5) is 0 Å². The van der Waals surface area contributed by atoms with Crippen molar-refractivity contribution in [2.75, 3.05) is 0 Å². The first-order valence-corrected chi connectivity index (χ1v) is 8.39. The number of quaternary nitrogens is 1. The molecule has 0 saturated heterocycles. The van der Waals surface area contributed by atoms with Crippen LogP contribution in [-0.2, 0) is 15.6 Å². The number of rotatable bonds is 5. The molecule has 21 heavy (non-hydrogen) atoms. The van der Waals surface area contributed by atoms with E-state index in [1.165, 1.54) is 0 Å². The fraction of sp³-hybridized carbons (Fsp3) is 0.429. The van der Waals surface area contributed by atoms with Gasteiger partial charge in [0.15, 0.2) is 6.04 Å². The van der Waals surface area contributed by atoms with Crippen molar-refractivity contribution < 1.29 is 18.6 Å². The van der Waals surface area contributed by atoms with E-state index in [4.69, 9.17) is 4.42 Å². The number of sulfone groups is 1. The Balaban J connectivity index is 2.24. The maximum Gasteiger partial charge on any atom is 0.336 e. The van der Waals surface area contributed by atoms with Gasteiger partial charge in [0.2, 0.25) is 9.84 Å². The summed E-state index contributed by atoms with van der Waals surface area (Å²) in [7, 11) is -3.64. The summed E-state index contributed by atoms with van der Waals surface area (Å²) in [5, 5.41) is 7.13. The zero-order chi connectivity index (χ0) is 15.6. The molecule has 0 spiro atoms. The molecule has 0 bridgehead atoms. The lowest BCUT2D eigenvalue weighted by Crippen LogP contribution is -2.56. The molecule has 1 aromatic carbocycles. The van der Waals surface area contributed by atoms with Crippen molar-refractivity contribution in [2.24, 2.45) is 5.92 Å². The largest absolute Gasteiger partial charge is 0.406 e. The fourth-order valence-electron chi connectivity index (χ4n) is 1.86. The molecule has 0 amide bonds. The highest BCUT2D eigenvalue weighted by molar-refractivity contribution is 7.90. The van der Waals surface area contributed by atoms with E-state index in [1.807, 2.05) is 39.0 Å². The van der Waals surface area contributed by atoms with Crippen LogP contribution < -0.4 is 5.73 Å². The third-order valence-electron chi connectivity index (χ3n) is 3.25. The quantitative estimate of drug-likeness (QED) is 0.896. The first kappa shape index (κ1) is 15.7. The Morgan fingerprint density at radius 1 is 1.29 bits per heavy atom. The van der Waals surface area contributed by atoms with Crippen LogP contribution >= 0.6 is 0 Å². The van der Waals surface area contributed by atoms with Crippen LogP contribution in [0.5, 0.6) is 0 Å². The molecule has 0 aliphatic heterocycles. The van der Waals surface area contributed by atoms with Gasteiger partial charge in [0.1, 0.15) is 0 Å². The van der Waals surface area contributed by atoms with Crippen molar-refractivity contribution in [3.05, 3.63) is 41.3 Å². The minimum absolute atomic E-state index is 0.153. The van der Waals surface area contributed by atoms with Gasteiger partial charge in [-0.1, -0.05) is 48.8 Å². The van der Waals surface area contributed by atoms with Crippen LogP contribution in [0.25, 0.3) is 0 Å². The highest BCUT2D eigenvalue weighted by Gasteiger charge is 2.27. The molecule has 2 rings (SSSR count). The Kier molecular flexibility index (Phi) is 4.43. The number of nitrogens with zero attached hydrogens (tertiary/aromatic N) is 2. The minimum Gasteiger partial charge on any atom is -0.406 e. The second kappa shape index (κ2) is 5.95. The predicted molar refractivity (Wildman–Crippen MR) is 76.8 cm³/mol. The molecule has 0 fully saturated rings. The molecule has 1 heterocycles. The van der Waals surface area contributed by atoms with Gasteiger partial charge >= 0.3 is 5.22 Å². The van der Waals surface area contributed by atoms with E-state index >= 15 is 0 Å². The smallest absolute Gasteiger partial charge is 0.336 e. The number of aromatic nitrogens is 2. The van der Waals surface area contributed by atoms with Crippen molar-refractivity contribution in [1.29, 1.82) is 0 Å². The topological polar surface area (TPSA) is 101 Å². The Morgan fingerprint density at radius 2 is 2.00 bits per heavy atom. The second-order valence-corrected chi connectivity index (χ2v) is 7.37. The van der Waals surface area contributed by atoms with Crippen LogP contribution in [0.2, 0.25) is 0 Å². The lowest BCUT2D eigenvalue weighted by Gasteiger charge is -2.06. The van der Waals surface area contributed by atoms with Crippen molar-refractivity contribution in [3.8, 4) is 0 Å². The zero-order valence-corrected chi connectivity index (χ0v) is 13.2. The molecule has 3 N–H and O–H groups in total. The summed E-state index contributed by atoms with van der Waals surface area (Å²) in [4.78, 5) is 0. The summed E-state index contributed by atoms with van der Waals surface area (Å²) < 4.78 is 29.9. The van der Waals surface area contributed by atoms with Gasteiger partial charge in [-0.2, -0.15) is 0 Å². The lowest BCUT2D eigenvalue weighted by molar-refractivity contribution is -0.443. The average Bonchev–Trinajstić information content (AvgIpc) is 2.87. The van der Waals surface area contributed by atoms with E-state index in [-0.39, 0.29) is 28.8 Å². The average molecular weight is 310 g/mol. The number of aryl methyl sites for hydroxylation is 1. The van der Waals surface area contributed by atoms with Crippen LogP contribution in [-0.4, -0.2) is 18.6 Å². The molecule has 0 aliphatic carbocycles. The summed E-state index contributed by atoms with van der Waals surface area (Å²) in [5.41, 5.74) is 5.61. The number of benzene rings is 1. The molecular formula is C14H20N3O3S+. The summed E-state index contributed by atoms with van der Waals surface area (Å²) in [6.45, 7) is 5.84. The first-order chi connectivity index (χ1) is 9.79. The summed E-state index contributed by atoms with van der Waals surface area (Å²) in [6, 6.07) is 7.11. The molecular weight excluding hydrogens is 290 g/mol. The molecule has 0 unspecified atom stereocenters. The molecule has 2 aromatic rings. The molecule has 114 valence electrons. The maximum atomic E-state index is 12.3. The Labute approximate surface area is 124 Å². The third-order valence-corrected chi connectivity index (χ3v) is 4.66. The van der Waals surface area contributed by atoms with Crippen LogP contribution in [0, 0.1) is 12.8 Å². The molecule has 0 saturated carbocycles. The van der Waals surface area contributed by atoms with Gasteiger partial charge < -0.3 is 10.2 Å². The van der Waals surface area contributed by atoms with Gasteiger partial charge in [0, 0.05) is 5.92 Å². The third kappa shape index (κ3) is 3.68. The van der Waals surface area contributed by atoms with Crippen molar-refractivity contribution >= 4 is 9.84 Å². The molecule has 0 radical (unpaired) electrons. The van der Waals surface area contributed by atoms with E-state index in [9.17, 15) is 8.42 Å². The van der Waals surface area contributed by atoms with Gasteiger partial charge in [0.05, 0.1) is 5.75 Å². The minimum atomic E-state index is -3.64. The molecule has 1 atom stereocenters. The van der Waals surface area contributed by atoms with Crippen LogP contribution in [0.15, 0.2) is 33.9 Å². The SMILES string of the molecule is Cc1cccc(CS(=O)(=O)c2nnc([C@@H]([NH3+])C(C)C)o2)c1. The van der Waals surface area contributed by atoms with E-state index in [0.717, 1.165) is 5.56 Å². The van der Waals surface area contributed by atoms with Gasteiger partial charge in [0.25, 0.3) is 5.89 Å². The fourth-order valence-corrected chi connectivity index (χ4v) is 2.98. The molecule has 0 aliphatic rings. The summed E-state index contributed by atoms with van der Waals surface area (Å²) in [5.74, 6) is 0.297. The normalized spacial score (nSPS) is 13.6. The van der Waals surface area contributed by atoms with Gasteiger partial charge in [-0.3, -0.25) is 0 Å². The monoisotopic (exact) mass is 310 g/mol. The molecule has 7 heteroatoms. The zero-order valence-electron chi connectivity index (χ0n) is 12.4. The van der Waals surface area contributed by atoms with Crippen LogP contribution in [0.1, 0.15) is 36.9 Å². The van der Waals surface area contributed by atoms with Crippen molar-refractivity contribution in [1.82, 2.24) is 10.2 Å². The Hall–Kier alpha value is -1.73. The Morgan fingerprint density at radius 3 is 2.62 bits per heavy atom. The van der Waals surface area contributed by atoms with E-state index in [2.05, 4.69) is 15.9 Å². The van der Waals surface area contributed by atoms with Crippen LogP contribution in [0.3, 0.4) is 0 Å². The van der Waals surface area contributed by atoms with Crippen molar-refractivity contribution in [3.63, 3.8) is 0 Å². The lowest BCUT2D eigenvalue weighted by atomic mass is 10.1. The van der Waals surface area contributed by atoms with Crippen molar-refractivity contribution in [2.45, 2.75) is 37.8 Å². The first-order valence-electron chi connectivity index (χ1n) is 6.74. The number of hydrogen-bond acceptors (Lipinski definition) is 5. The molecule has 6 nitrogen and oxygen atoms in total.